The van der Waals surface area contributed by atoms with Gasteiger partial charge in [0.05, 0.1) is 5.52 Å². The highest BCUT2D eigenvalue weighted by Crippen LogP contribution is 2.38. The zero-order valence-electron chi connectivity index (χ0n) is 10.6. The Morgan fingerprint density at radius 3 is 3.05 bits per heavy atom. The van der Waals surface area contributed by atoms with Crippen LogP contribution in [0.4, 0.5) is 8.78 Å². The van der Waals surface area contributed by atoms with E-state index in [1.165, 1.54) is 10.4 Å². The molecular formula is C15H12F2N2S. The first-order valence-electron chi connectivity index (χ1n) is 6.64. The number of halogens is 2. The zero-order valence-corrected chi connectivity index (χ0v) is 11.4. The molecule has 0 amide bonds. The van der Waals surface area contributed by atoms with Gasteiger partial charge >= 0.3 is 0 Å². The lowest BCUT2D eigenvalue weighted by molar-refractivity contribution is 0.515. The van der Waals surface area contributed by atoms with E-state index >= 15 is 0 Å². The molecule has 1 unspecified atom stereocenters. The summed E-state index contributed by atoms with van der Waals surface area (Å²) < 4.78 is 27.0. The van der Waals surface area contributed by atoms with E-state index in [1.807, 2.05) is 0 Å². The van der Waals surface area contributed by atoms with Gasteiger partial charge in [-0.25, -0.2) is 13.8 Å². The van der Waals surface area contributed by atoms with Crippen molar-refractivity contribution >= 4 is 22.4 Å². The molecule has 0 spiro atoms. The summed E-state index contributed by atoms with van der Waals surface area (Å²) in [5.41, 5.74) is 1.93. The number of aromatic nitrogens is 2. The minimum Gasteiger partial charge on any atom is -0.341 e. The van der Waals surface area contributed by atoms with E-state index in [4.69, 9.17) is 0 Å². The summed E-state index contributed by atoms with van der Waals surface area (Å²) in [5, 5.41) is 2.09. The maximum Gasteiger partial charge on any atom is 0.186 e. The average Bonchev–Trinajstić information content (AvgIpc) is 3.09. The maximum atomic E-state index is 13.8. The van der Waals surface area contributed by atoms with Gasteiger partial charge in [-0.3, -0.25) is 0 Å². The van der Waals surface area contributed by atoms with Gasteiger partial charge in [-0.1, -0.05) is 0 Å². The van der Waals surface area contributed by atoms with Crippen LogP contribution in [0.2, 0.25) is 0 Å². The number of nitrogens with zero attached hydrogens (tertiary/aromatic N) is 1. The van der Waals surface area contributed by atoms with Crippen LogP contribution < -0.4 is 0 Å². The standard InChI is InChI=1S/C15H12F2N2S/c16-10-4-5-11-14(13(10)17)19-15(18-11)9-2-1-3-12-8(9)6-7-20-12/h4-7,9H,1-3H2,(H,18,19). The van der Waals surface area contributed by atoms with Crippen LogP contribution in [0, 0.1) is 11.6 Å². The summed E-state index contributed by atoms with van der Waals surface area (Å²) in [5.74, 6) is -0.814. The molecule has 2 heterocycles. The van der Waals surface area contributed by atoms with E-state index in [9.17, 15) is 8.78 Å². The van der Waals surface area contributed by atoms with Crippen molar-refractivity contribution in [1.29, 1.82) is 0 Å². The van der Waals surface area contributed by atoms with Crippen molar-refractivity contribution in [1.82, 2.24) is 9.97 Å². The molecule has 0 saturated carbocycles. The van der Waals surface area contributed by atoms with E-state index in [1.54, 1.807) is 17.4 Å². The fourth-order valence-electron chi connectivity index (χ4n) is 2.97. The van der Waals surface area contributed by atoms with Gasteiger partial charge in [0.25, 0.3) is 0 Å². The molecule has 1 N–H and O–H groups in total. The Labute approximate surface area is 118 Å². The van der Waals surface area contributed by atoms with Gasteiger partial charge in [-0.2, -0.15) is 0 Å². The minimum atomic E-state index is -0.869. The molecule has 20 heavy (non-hydrogen) atoms. The number of nitrogens with one attached hydrogen (secondary N) is 1. The van der Waals surface area contributed by atoms with Crippen molar-refractivity contribution in [2.45, 2.75) is 25.2 Å². The summed E-state index contributed by atoms with van der Waals surface area (Å²) in [6.07, 6.45) is 3.20. The number of fused-ring (bicyclic) bond motifs is 2. The second-order valence-electron chi connectivity index (χ2n) is 5.12. The summed E-state index contributed by atoms with van der Waals surface area (Å²) in [4.78, 5) is 8.84. The number of aromatic amines is 1. The lowest BCUT2D eigenvalue weighted by Gasteiger charge is -2.20. The SMILES string of the molecule is Fc1ccc2[nH]c(C3CCCc4sccc43)nc2c1F. The van der Waals surface area contributed by atoms with Crippen molar-refractivity contribution in [3.8, 4) is 0 Å². The Balaban J connectivity index is 1.86. The number of imidazole rings is 1. The predicted octanol–water partition coefficient (Wildman–Crippen LogP) is 4.37. The number of benzene rings is 1. The minimum absolute atomic E-state index is 0.0994. The van der Waals surface area contributed by atoms with Crippen molar-refractivity contribution in [2.75, 3.05) is 0 Å². The van der Waals surface area contributed by atoms with Gasteiger partial charge in [-0.15, -0.1) is 11.3 Å². The van der Waals surface area contributed by atoms with Crippen molar-refractivity contribution in [2.24, 2.45) is 0 Å². The molecule has 0 saturated heterocycles. The van der Waals surface area contributed by atoms with Crippen LogP contribution in [0.15, 0.2) is 23.6 Å². The van der Waals surface area contributed by atoms with Gasteiger partial charge in [-0.05, 0) is 48.4 Å². The van der Waals surface area contributed by atoms with Crippen LogP contribution in [-0.4, -0.2) is 9.97 Å². The summed E-state index contributed by atoms with van der Waals surface area (Å²) >= 11 is 1.76. The number of hydrogen-bond acceptors (Lipinski definition) is 2. The van der Waals surface area contributed by atoms with Gasteiger partial charge in [0.1, 0.15) is 11.3 Å². The topological polar surface area (TPSA) is 28.7 Å². The Hall–Kier alpha value is -1.75. The highest BCUT2D eigenvalue weighted by atomic mass is 32.1. The van der Waals surface area contributed by atoms with Crippen molar-refractivity contribution in [3.63, 3.8) is 0 Å². The normalized spacial score (nSPS) is 18.4. The first kappa shape index (κ1) is 12.0. The predicted molar refractivity (Wildman–Crippen MR) is 75.1 cm³/mol. The van der Waals surface area contributed by atoms with Crippen LogP contribution >= 0.6 is 11.3 Å². The molecule has 1 atom stereocenters. The Bertz CT molecular complexity index is 790. The zero-order chi connectivity index (χ0) is 13.7. The van der Waals surface area contributed by atoms with Crippen LogP contribution in [0.3, 0.4) is 0 Å². The molecular weight excluding hydrogens is 278 g/mol. The Morgan fingerprint density at radius 2 is 2.15 bits per heavy atom. The largest absolute Gasteiger partial charge is 0.341 e. The van der Waals surface area contributed by atoms with E-state index in [2.05, 4.69) is 21.4 Å². The van der Waals surface area contributed by atoms with Gasteiger partial charge in [0.2, 0.25) is 0 Å². The first-order chi connectivity index (χ1) is 9.74. The molecule has 1 aliphatic carbocycles. The molecule has 1 aromatic carbocycles. The Kier molecular flexibility index (Phi) is 2.63. The second kappa shape index (κ2) is 4.38. The van der Waals surface area contributed by atoms with E-state index in [0.29, 0.717) is 5.52 Å². The van der Waals surface area contributed by atoms with E-state index in [-0.39, 0.29) is 11.4 Å². The summed E-state index contributed by atoms with van der Waals surface area (Å²) in [6, 6.07) is 4.80. The highest BCUT2D eigenvalue weighted by Gasteiger charge is 2.26. The summed E-state index contributed by atoms with van der Waals surface area (Å²) in [7, 11) is 0. The molecule has 2 nitrogen and oxygen atoms in total. The molecule has 0 aliphatic heterocycles. The molecule has 4 rings (SSSR count). The van der Waals surface area contributed by atoms with Crippen LogP contribution in [-0.2, 0) is 6.42 Å². The monoisotopic (exact) mass is 290 g/mol. The third-order valence-electron chi connectivity index (χ3n) is 3.95. The molecule has 0 radical (unpaired) electrons. The fourth-order valence-corrected chi connectivity index (χ4v) is 3.96. The number of aryl methyl sites for hydroxylation is 1. The van der Waals surface area contributed by atoms with Crippen LogP contribution in [0.1, 0.15) is 35.0 Å². The maximum absolute atomic E-state index is 13.8. The van der Waals surface area contributed by atoms with E-state index in [0.717, 1.165) is 31.2 Å². The fraction of sp³-hybridized carbons (Fsp3) is 0.267. The van der Waals surface area contributed by atoms with Gasteiger partial charge in [0.15, 0.2) is 11.6 Å². The van der Waals surface area contributed by atoms with Gasteiger partial charge in [0, 0.05) is 10.8 Å². The Morgan fingerprint density at radius 1 is 1.25 bits per heavy atom. The van der Waals surface area contributed by atoms with Crippen LogP contribution in [0.25, 0.3) is 11.0 Å². The van der Waals surface area contributed by atoms with Crippen molar-refractivity contribution < 1.29 is 8.78 Å². The number of thiophene rings is 1. The third-order valence-corrected chi connectivity index (χ3v) is 4.94. The number of H-pyrrole nitrogens is 1. The lowest BCUT2D eigenvalue weighted by atomic mass is 9.87. The molecule has 1 aliphatic rings. The van der Waals surface area contributed by atoms with Crippen LogP contribution in [0.5, 0.6) is 0 Å². The molecule has 0 bridgehead atoms. The molecule has 5 heteroatoms. The number of hydrogen-bond donors (Lipinski definition) is 1. The second-order valence-corrected chi connectivity index (χ2v) is 6.12. The highest BCUT2D eigenvalue weighted by molar-refractivity contribution is 7.10. The third kappa shape index (κ3) is 1.69. The average molecular weight is 290 g/mol. The lowest BCUT2D eigenvalue weighted by Crippen LogP contribution is -2.09. The smallest absolute Gasteiger partial charge is 0.186 e. The summed E-state index contributed by atoms with van der Waals surface area (Å²) in [6.45, 7) is 0. The van der Waals surface area contributed by atoms with Gasteiger partial charge < -0.3 is 4.98 Å². The molecule has 0 fully saturated rings. The van der Waals surface area contributed by atoms with Crippen molar-refractivity contribution in [3.05, 3.63) is 51.5 Å². The molecule has 3 aromatic rings. The number of rotatable bonds is 1. The molecule has 102 valence electrons. The van der Waals surface area contributed by atoms with E-state index < -0.39 is 11.6 Å². The molecule has 2 aromatic heterocycles. The first-order valence-corrected chi connectivity index (χ1v) is 7.52. The quantitative estimate of drug-likeness (QED) is 0.708.